The molecular formula is C16H21N5O3. The van der Waals surface area contributed by atoms with Crippen LogP contribution in [0.2, 0.25) is 0 Å². The highest BCUT2D eigenvalue weighted by Crippen LogP contribution is 2.25. The standard InChI is InChI=1S/C16H21N5O3/c1-10-13(11(2)19-16(23)18-10)3-4-14(22)21-7-5-12(6-8-21)15-17-9-24-20-15/h9,12H,3-8H2,1-2H3,(H,18,19,23). The third-order valence-electron chi connectivity index (χ3n) is 4.63. The maximum atomic E-state index is 12.4. The van der Waals surface area contributed by atoms with Crippen molar-refractivity contribution < 1.29 is 9.32 Å². The zero-order chi connectivity index (χ0) is 17.1. The van der Waals surface area contributed by atoms with E-state index in [4.69, 9.17) is 4.52 Å². The van der Waals surface area contributed by atoms with Crippen LogP contribution in [-0.4, -0.2) is 44.0 Å². The monoisotopic (exact) mass is 331 g/mol. The quantitative estimate of drug-likeness (QED) is 0.900. The highest BCUT2D eigenvalue weighted by atomic mass is 16.5. The van der Waals surface area contributed by atoms with Gasteiger partial charge in [0, 0.05) is 36.8 Å². The number of piperidine rings is 1. The molecule has 0 spiro atoms. The Balaban J connectivity index is 1.54. The molecule has 128 valence electrons. The van der Waals surface area contributed by atoms with Crippen molar-refractivity contribution in [2.24, 2.45) is 0 Å². The largest absolute Gasteiger partial charge is 0.345 e. The van der Waals surface area contributed by atoms with Crippen molar-refractivity contribution in [2.75, 3.05) is 13.1 Å². The number of likely N-dealkylation sites (tertiary alicyclic amines) is 1. The first-order chi connectivity index (χ1) is 11.5. The average molecular weight is 331 g/mol. The van der Waals surface area contributed by atoms with Crippen molar-refractivity contribution in [1.29, 1.82) is 0 Å². The molecule has 3 rings (SSSR count). The summed E-state index contributed by atoms with van der Waals surface area (Å²) < 4.78 is 4.79. The van der Waals surface area contributed by atoms with Gasteiger partial charge in [-0.05, 0) is 38.7 Å². The minimum absolute atomic E-state index is 0.131. The molecule has 3 heterocycles. The summed E-state index contributed by atoms with van der Waals surface area (Å²) in [7, 11) is 0. The summed E-state index contributed by atoms with van der Waals surface area (Å²) >= 11 is 0. The smallest absolute Gasteiger partial charge is 0.343 e. The first-order valence-electron chi connectivity index (χ1n) is 8.15. The van der Waals surface area contributed by atoms with Crippen molar-refractivity contribution in [1.82, 2.24) is 25.0 Å². The summed E-state index contributed by atoms with van der Waals surface area (Å²) in [6, 6.07) is 0. The Morgan fingerprint density at radius 2 is 2.12 bits per heavy atom. The molecule has 0 atom stereocenters. The molecule has 8 heteroatoms. The molecule has 1 aliphatic heterocycles. The Kier molecular flexibility index (Phi) is 4.73. The van der Waals surface area contributed by atoms with Gasteiger partial charge in [0.1, 0.15) is 0 Å². The summed E-state index contributed by atoms with van der Waals surface area (Å²) in [6.07, 6.45) is 4.05. The van der Waals surface area contributed by atoms with Crippen LogP contribution in [0.3, 0.4) is 0 Å². The van der Waals surface area contributed by atoms with Gasteiger partial charge in [-0.15, -0.1) is 0 Å². The summed E-state index contributed by atoms with van der Waals surface area (Å²) in [6.45, 7) is 5.06. The summed E-state index contributed by atoms with van der Waals surface area (Å²) in [4.78, 5) is 36.3. The molecule has 0 saturated carbocycles. The topological polar surface area (TPSA) is 105 Å². The van der Waals surface area contributed by atoms with Gasteiger partial charge in [0.2, 0.25) is 12.3 Å². The van der Waals surface area contributed by atoms with E-state index >= 15 is 0 Å². The van der Waals surface area contributed by atoms with Gasteiger partial charge < -0.3 is 14.4 Å². The van der Waals surface area contributed by atoms with Gasteiger partial charge in [0.25, 0.3) is 0 Å². The van der Waals surface area contributed by atoms with Gasteiger partial charge in [-0.1, -0.05) is 5.16 Å². The van der Waals surface area contributed by atoms with Crippen LogP contribution in [0.4, 0.5) is 0 Å². The Hall–Kier alpha value is -2.51. The van der Waals surface area contributed by atoms with Crippen molar-refractivity contribution in [3.05, 3.63) is 39.7 Å². The molecular weight excluding hydrogens is 310 g/mol. The van der Waals surface area contributed by atoms with E-state index in [1.54, 1.807) is 6.92 Å². The van der Waals surface area contributed by atoms with E-state index in [0.29, 0.717) is 31.6 Å². The second kappa shape index (κ2) is 6.94. The predicted molar refractivity (Wildman–Crippen MR) is 85.5 cm³/mol. The second-order valence-electron chi connectivity index (χ2n) is 6.18. The molecule has 0 aliphatic carbocycles. The molecule has 1 saturated heterocycles. The Bertz CT molecular complexity index is 734. The number of rotatable bonds is 4. The molecule has 1 amide bonds. The number of carbonyl (C=O) groups excluding carboxylic acids is 1. The number of hydrogen-bond donors (Lipinski definition) is 1. The molecule has 24 heavy (non-hydrogen) atoms. The third-order valence-corrected chi connectivity index (χ3v) is 4.63. The number of aryl methyl sites for hydroxylation is 2. The van der Waals surface area contributed by atoms with Crippen LogP contribution < -0.4 is 5.69 Å². The predicted octanol–water partition coefficient (Wildman–Crippen LogP) is 1.11. The van der Waals surface area contributed by atoms with E-state index in [1.165, 1.54) is 6.39 Å². The fourth-order valence-corrected chi connectivity index (χ4v) is 3.26. The zero-order valence-electron chi connectivity index (χ0n) is 13.9. The van der Waals surface area contributed by atoms with E-state index in [0.717, 1.165) is 29.9 Å². The minimum Gasteiger partial charge on any atom is -0.343 e. The zero-order valence-corrected chi connectivity index (χ0v) is 13.9. The fourth-order valence-electron chi connectivity index (χ4n) is 3.26. The second-order valence-corrected chi connectivity index (χ2v) is 6.18. The number of nitrogens with one attached hydrogen (secondary N) is 1. The summed E-state index contributed by atoms with van der Waals surface area (Å²) in [5.74, 6) is 1.12. The van der Waals surface area contributed by atoms with Crippen LogP contribution in [0.1, 0.15) is 48.0 Å². The van der Waals surface area contributed by atoms with E-state index in [2.05, 4.69) is 20.1 Å². The van der Waals surface area contributed by atoms with Crippen molar-refractivity contribution >= 4 is 5.91 Å². The van der Waals surface area contributed by atoms with Crippen molar-refractivity contribution in [3.8, 4) is 0 Å². The number of nitrogens with zero attached hydrogens (tertiary/aromatic N) is 4. The number of carbonyl (C=O) groups is 1. The van der Waals surface area contributed by atoms with Gasteiger partial charge in [-0.3, -0.25) is 4.79 Å². The maximum Gasteiger partial charge on any atom is 0.345 e. The van der Waals surface area contributed by atoms with Gasteiger partial charge in [-0.25, -0.2) is 4.79 Å². The molecule has 0 radical (unpaired) electrons. The minimum atomic E-state index is -0.344. The lowest BCUT2D eigenvalue weighted by atomic mass is 9.95. The lowest BCUT2D eigenvalue weighted by Crippen LogP contribution is -2.38. The van der Waals surface area contributed by atoms with Crippen molar-refractivity contribution in [2.45, 2.75) is 45.4 Å². The van der Waals surface area contributed by atoms with Gasteiger partial charge >= 0.3 is 5.69 Å². The van der Waals surface area contributed by atoms with Crippen LogP contribution in [0.5, 0.6) is 0 Å². The Morgan fingerprint density at radius 3 is 2.75 bits per heavy atom. The van der Waals surface area contributed by atoms with Crippen LogP contribution in [0.15, 0.2) is 15.7 Å². The molecule has 0 bridgehead atoms. The highest BCUT2D eigenvalue weighted by Gasteiger charge is 2.26. The molecule has 2 aromatic heterocycles. The van der Waals surface area contributed by atoms with Crippen LogP contribution >= 0.6 is 0 Å². The van der Waals surface area contributed by atoms with E-state index in [-0.39, 0.29) is 17.5 Å². The average Bonchev–Trinajstić information content (AvgIpc) is 3.08. The van der Waals surface area contributed by atoms with E-state index in [9.17, 15) is 9.59 Å². The molecule has 1 aliphatic rings. The van der Waals surface area contributed by atoms with E-state index < -0.39 is 0 Å². The van der Waals surface area contributed by atoms with Crippen LogP contribution in [0, 0.1) is 13.8 Å². The lowest BCUT2D eigenvalue weighted by Gasteiger charge is -2.30. The maximum absolute atomic E-state index is 12.4. The SMILES string of the molecule is Cc1nc(=O)[nH]c(C)c1CCC(=O)N1CCC(c2ncon2)CC1. The number of aromatic nitrogens is 4. The van der Waals surface area contributed by atoms with Gasteiger partial charge in [0.05, 0.1) is 0 Å². The lowest BCUT2D eigenvalue weighted by molar-refractivity contribution is -0.132. The Labute approximate surface area is 139 Å². The van der Waals surface area contributed by atoms with Crippen molar-refractivity contribution in [3.63, 3.8) is 0 Å². The van der Waals surface area contributed by atoms with Crippen LogP contribution in [-0.2, 0) is 11.2 Å². The normalized spacial score (nSPS) is 15.7. The van der Waals surface area contributed by atoms with Crippen LogP contribution in [0.25, 0.3) is 0 Å². The first-order valence-corrected chi connectivity index (χ1v) is 8.15. The molecule has 0 unspecified atom stereocenters. The molecule has 0 aromatic carbocycles. The molecule has 2 aromatic rings. The number of hydrogen-bond acceptors (Lipinski definition) is 6. The Morgan fingerprint density at radius 1 is 1.38 bits per heavy atom. The third kappa shape index (κ3) is 3.52. The fraction of sp³-hybridized carbons (Fsp3) is 0.562. The molecule has 1 N–H and O–H groups in total. The first kappa shape index (κ1) is 16.4. The summed E-state index contributed by atoms with van der Waals surface area (Å²) in [5, 5.41) is 3.89. The number of amides is 1. The number of H-pyrrole nitrogens is 1. The molecule has 8 nitrogen and oxygen atoms in total. The number of aromatic amines is 1. The highest BCUT2D eigenvalue weighted by molar-refractivity contribution is 5.76. The molecule has 1 fully saturated rings. The van der Waals surface area contributed by atoms with E-state index in [1.807, 2.05) is 11.8 Å². The van der Waals surface area contributed by atoms with Gasteiger partial charge in [-0.2, -0.15) is 9.97 Å². The summed E-state index contributed by atoms with van der Waals surface area (Å²) in [5.41, 5.74) is 2.09. The van der Waals surface area contributed by atoms with Gasteiger partial charge in [0.15, 0.2) is 5.82 Å².